The summed E-state index contributed by atoms with van der Waals surface area (Å²) in [5, 5.41) is 12.8. The van der Waals surface area contributed by atoms with Gasteiger partial charge < -0.3 is 29.2 Å². The van der Waals surface area contributed by atoms with E-state index in [1.165, 1.54) is 0 Å². The highest BCUT2D eigenvalue weighted by atomic mass is 32.3. The fourth-order valence-electron chi connectivity index (χ4n) is 3.30. The zero-order valence-electron chi connectivity index (χ0n) is 21.6. The molecule has 0 saturated carbocycles. The van der Waals surface area contributed by atoms with E-state index in [9.17, 15) is 14.7 Å². The van der Waals surface area contributed by atoms with Crippen molar-refractivity contribution in [2.45, 2.75) is 39.1 Å². The molecular weight excluding hydrogens is 482 g/mol. The molecule has 0 aliphatic rings. The lowest BCUT2D eigenvalue weighted by Crippen LogP contribution is -2.38. The average Bonchev–Trinajstić information content (AvgIpc) is 3.18. The molecule has 0 aliphatic heterocycles. The molecule has 3 rings (SSSR count). The lowest BCUT2D eigenvalue weighted by Gasteiger charge is -2.24. The number of hydrogen-bond acceptors (Lipinski definition) is 6. The lowest BCUT2D eigenvalue weighted by molar-refractivity contribution is -0.139. The van der Waals surface area contributed by atoms with E-state index in [1.807, 2.05) is 16.8 Å². The number of ether oxygens (including phenoxy) is 3. The Morgan fingerprint density at radius 1 is 1.11 bits per heavy atom. The molecule has 0 bridgehead atoms. The first kappa shape index (κ1) is 27.3. The van der Waals surface area contributed by atoms with Crippen LogP contribution < -0.4 is 10.1 Å². The van der Waals surface area contributed by atoms with Crippen LogP contribution in [-0.2, 0) is 21.0 Å². The van der Waals surface area contributed by atoms with Crippen LogP contribution in [0.25, 0.3) is 11.0 Å². The zero-order valence-corrected chi connectivity index (χ0v) is 22.4. The van der Waals surface area contributed by atoms with E-state index in [-0.39, 0.29) is 0 Å². The number of alkyl carbamates (subject to hydrolysis) is 1. The third-order valence-electron chi connectivity index (χ3n) is 5.04. The molecule has 1 amide bonds. The molecule has 196 valence electrons. The van der Waals surface area contributed by atoms with Crippen molar-refractivity contribution in [2.24, 2.45) is 0 Å². The van der Waals surface area contributed by atoms with Gasteiger partial charge in [-0.25, -0.2) is 24.6 Å². The van der Waals surface area contributed by atoms with Gasteiger partial charge in [0.2, 0.25) is 0 Å². The molecule has 36 heavy (non-hydrogen) atoms. The van der Waals surface area contributed by atoms with Gasteiger partial charge >= 0.3 is 12.1 Å². The van der Waals surface area contributed by atoms with Crippen molar-refractivity contribution in [1.82, 2.24) is 14.9 Å². The number of aromatic nitrogens is 2. The van der Waals surface area contributed by atoms with Crippen LogP contribution in [0.2, 0.25) is 0 Å². The molecule has 2 heterocycles. The molecule has 1 aromatic carbocycles. The number of benzene rings is 1. The highest BCUT2D eigenvalue weighted by molar-refractivity contribution is 8.32. The summed E-state index contributed by atoms with van der Waals surface area (Å²) in [4.78, 5) is 28.3. The number of hydrogen-bond donors (Lipinski definition) is 2. The molecular formula is C26H35N3O6S. The third kappa shape index (κ3) is 7.89. The molecule has 0 radical (unpaired) electrons. The maximum Gasteiger partial charge on any atom is 0.408 e. The van der Waals surface area contributed by atoms with Gasteiger partial charge in [-0.15, -0.1) is 0 Å². The van der Waals surface area contributed by atoms with Crippen LogP contribution in [0.15, 0.2) is 48.8 Å². The third-order valence-corrected chi connectivity index (χ3v) is 6.43. The topological polar surface area (TPSA) is 112 Å². The Morgan fingerprint density at radius 3 is 2.42 bits per heavy atom. The largest absolute Gasteiger partial charge is 0.479 e. The summed E-state index contributed by atoms with van der Waals surface area (Å²) >= 11 is 0. The number of nitrogens with zero attached hydrogens (tertiary/aromatic N) is 2. The van der Waals surface area contributed by atoms with Gasteiger partial charge in [0.1, 0.15) is 29.5 Å². The Labute approximate surface area is 213 Å². The van der Waals surface area contributed by atoms with E-state index in [4.69, 9.17) is 14.2 Å². The molecule has 1 atom stereocenters. The van der Waals surface area contributed by atoms with Crippen molar-refractivity contribution in [3.05, 3.63) is 54.4 Å². The lowest BCUT2D eigenvalue weighted by atomic mass is 10.1. The van der Waals surface area contributed by atoms with Crippen LogP contribution >= 0.6 is 10.0 Å². The molecule has 1 unspecified atom stereocenters. The Kier molecular flexibility index (Phi) is 8.52. The van der Waals surface area contributed by atoms with Crippen LogP contribution in [0, 0.1) is 0 Å². The van der Waals surface area contributed by atoms with Crippen LogP contribution in [-0.4, -0.2) is 63.4 Å². The summed E-state index contributed by atoms with van der Waals surface area (Å²) in [7, 11) is -0.605. The van der Waals surface area contributed by atoms with E-state index < -0.39 is 33.7 Å². The normalized spacial score (nSPS) is 13.3. The first-order chi connectivity index (χ1) is 16.8. The van der Waals surface area contributed by atoms with Gasteiger partial charge in [-0.1, -0.05) is 12.1 Å². The first-order valence-electron chi connectivity index (χ1n) is 11.5. The molecule has 9 nitrogen and oxygen atoms in total. The smallest absolute Gasteiger partial charge is 0.408 e. The minimum atomic E-state index is -1.25. The number of carbonyl (C=O) groups excluding carboxylic acids is 1. The van der Waals surface area contributed by atoms with Gasteiger partial charge in [0, 0.05) is 18.1 Å². The predicted octanol–water partition coefficient (Wildman–Crippen LogP) is 5.15. The van der Waals surface area contributed by atoms with E-state index >= 15 is 0 Å². The van der Waals surface area contributed by atoms with E-state index in [0.717, 1.165) is 16.8 Å². The van der Waals surface area contributed by atoms with Crippen LogP contribution in [0.5, 0.6) is 11.5 Å². The van der Waals surface area contributed by atoms with Gasteiger partial charge in [-0.2, -0.15) is 0 Å². The maximum absolute atomic E-state index is 12.1. The summed E-state index contributed by atoms with van der Waals surface area (Å²) < 4.78 is 19.0. The minimum Gasteiger partial charge on any atom is -0.479 e. The standard InChI is InChI=1S/C26H35N3O6S/c1-26(2,3)35-25(32)28-22(24(30)31)18-7-9-19(10-8-18)34-21-11-13-27-23-20(21)12-14-29(23)17-33-15-16-36(4,5)6/h7-14,22H,15-17H2,1-6H3,(H,28,32)(H,30,31). The molecule has 3 aromatic rings. The number of amides is 1. The summed E-state index contributed by atoms with van der Waals surface area (Å²) in [6, 6.07) is 8.95. The Bertz CT molecular complexity index is 1200. The maximum atomic E-state index is 12.1. The van der Waals surface area contributed by atoms with Crippen molar-refractivity contribution in [1.29, 1.82) is 0 Å². The number of carbonyl (C=O) groups is 2. The fraction of sp³-hybridized carbons (Fsp3) is 0.423. The highest BCUT2D eigenvalue weighted by Gasteiger charge is 2.25. The number of aliphatic carboxylic acids is 1. The van der Waals surface area contributed by atoms with Crippen molar-refractivity contribution < 1.29 is 28.9 Å². The monoisotopic (exact) mass is 517 g/mol. The quantitative estimate of drug-likeness (QED) is 0.358. The molecule has 2 N–H and O–H groups in total. The fourth-order valence-corrected chi connectivity index (χ4v) is 3.92. The Balaban J connectivity index is 1.69. The Hall–Kier alpha value is -3.24. The van der Waals surface area contributed by atoms with E-state index in [0.29, 0.717) is 30.4 Å². The molecule has 2 aromatic heterocycles. The van der Waals surface area contributed by atoms with Gasteiger partial charge in [-0.3, -0.25) is 0 Å². The summed E-state index contributed by atoms with van der Waals surface area (Å²) in [6.45, 7) is 6.23. The second-order valence-electron chi connectivity index (χ2n) is 10.3. The minimum absolute atomic E-state index is 0.390. The van der Waals surface area contributed by atoms with E-state index in [1.54, 1.807) is 57.3 Å². The molecule has 0 aliphatic carbocycles. The molecule has 10 heteroatoms. The molecule has 0 saturated heterocycles. The van der Waals surface area contributed by atoms with Crippen molar-refractivity contribution in [3.63, 3.8) is 0 Å². The predicted molar refractivity (Wildman–Crippen MR) is 142 cm³/mol. The number of carboxylic acids is 1. The second kappa shape index (κ2) is 11.2. The second-order valence-corrected chi connectivity index (χ2v) is 14.8. The average molecular weight is 518 g/mol. The molecule has 0 fully saturated rings. The number of pyridine rings is 1. The van der Waals surface area contributed by atoms with Crippen molar-refractivity contribution in [2.75, 3.05) is 31.1 Å². The first-order valence-corrected chi connectivity index (χ1v) is 14.5. The van der Waals surface area contributed by atoms with Crippen LogP contribution in [0.4, 0.5) is 4.79 Å². The van der Waals surface area contributed by atoms with Crippen LogP contribution in [0.3, 0.4) is 0 Å². The van der Waals surface area contributed by atoms with Gasteiger partial charge in [0.05, 0.1) is 12.0 Å². The van der Waals surface area contributed by atoms with Crippen molar-refractivity contribution >= 4 is 33.1 Å². The summed E-state index contributed by atoms with van der Waals surface area (Å²) in [6.07, 6.45) is 9.57. The number of rotatable bonds is 10. The van der Waals surface area contributed by atoms with Crippen LogP contribution in [0.1, 0.15) is 32.4 Å². The zero-order chi connectivity index (χ0) is 26.5. The van der Waals surface area contributed by atoms with E-state index in [2.05, 4.69) is 29.1 Å². The molecule has 0 spiro atoms. The number of carboxylic acid groups (broad SMARTS) is 1. The van der Waals surface area contributed by atoms with Gasteiger partial charge in [0.15, 0.2) is 6.04 Å². The van der Waals surface area contributed by atoms with Gasteiger partial charge in [0.25, 0.3) is 0 Å². The summed E-state index contributed by atoms with van der Waals surface area (Å²) in [5.41, 5.74) is 0.403. The number of nitrogens with one attached hydrogen (secondary N) is 1. The summed E-state index contributed by atoms with van der Waals surface area (Å²) in [5.74, 6) is 0.981. The number of fused-ring (bicyclic) bond motifs is 1. The van der Waals surface area contributed by atoms with Gasteiger partial charge in [-0.05, 0) is 69.4 Å². The van der Waals surface area contributed by atoms with Crippen molar-refractivity contribution in [3.8, 4) is 11.5 Å². The Morgan fingerprint density at radius 2 is 1.81 bits per heavy atom. The SMILES string of the molecule is CC(C)(C)OC(=O)NC(C(=O)O)c1ccc(Oc2ccnc3c2ccn3COCCS(C)(C)C)cc1. The highest BCUT2D eigenvalue weighted by Crippen LogP contribution is 2.34.